The normalized spacial score (nSPS) is 10.4. The zero-order valence-electron chi connectivity index (χ0n) is 7.66. The quantitative estimate of drug-likeness (QED) is 0.693. The summed E-state index contributed by atoms with van der Waals surface area (Å²) in [5.74, 6) is 0.690. The molecule has 0 bridgehead atoms. The number of ether oxygens (including phenoxy) is 1. The molecule has 0 N–H and O–H groups in total. The standard InChI is InChI=1S/C8H9N5O/c1-14-5-7-2-3-8(9-4-7)13-6-10-11-12-13/h2-4,6H,5H2,1H3. The summed E-state index contributed by atoms with van der Waals surface area (Å²) in [5, 5.41) is 10.8. The Morgan fingerprint density at radius 2 is 2.36 bits per heavy atom. The minimum Gasteiger partial charge on any atom is -0.380 e. The number of hydrogen-bond acceptors (Lipinski definition) is 5. The molecule has 0 aliphatic heterocycles. The van der Waals surface area contributed by atoms with E-state index in [9.17, 15) is 0 Å². The molecule has 72 valence electrons. The Bertz CT molecular complexity index is 383. The fraction of sp³-hybridized carbons (Fsp3) is 0.250. The molecule has 0 saturated carbocycles. The molecule has 0 aliphatic carbocycles. The second-order valence-electron chi connectivity index (χ2n) is 2.71. The van der Waals surface area contributed by atoms with Crippen molar-refractivity contribution < 1.29 is 4.74 Å². The molecule has 0 aliphatic rings. The molecular weight excluding hydrogens is 182 g/mol. The topological polar surface area (TPSA) is 65.7 Å². The van der Waals surface area contributed by atoms with Gasteiger partial charge in [0.1, 0.15) is 6.33 Å². The molecule has 2 heterocycles. The summed E-state index contributed by atoms with van der Waals surface area (Å²) in [6.45, 7) is 0.558. The highest BCUT2D eigenvalue weighted by molar-refractivity contribution is 5.22. The van der Waals surface area contributed by atoms with Gasteiger partial charge in [0, 0.05) is 13.3 Å². The van der Waals surface area contributed by atoms with E-state index in [0.717, 1.165) is 5.56 Å². The van der Waals surface area contributed by atoms with Crippen molar-refractivity contribution in [1.82, 2.24) is 25.2 Å². The van der Waals surface area contributed by atoms with Gasteiger partial charge in [-0.3, -0.25) is 0 Å². The van der Waals surface area contributed by atoms with Crippen LogP contribution in [0.25, 0.3) is 5.82 Å². The van der Waals surface area contributed by atoms with Crippen LogP contribution in [0.4, 0.5) is 0 Å². The van der Waals surface area contributed by atoms with E-state index in [1.54, 1.807) is 13.3 Å². The van der Waals surface area contributed by atoms with Gasteiger partial charge in [0.15, 0.2) is 5.82 Å². The van der Waals surface area contributed by atoms with Crippen LogP contribution in [0.15, 0.2) is 24.7 Å². The third-order valence-electron chi connectivity index (χ3n) is 1.70. The Morgan fingerprint density at radius 1 is 1.43 bits per heavy atom. The third-order valence-corrected chi connectivity index (χ3v) is 1.70. The Morgan fingerprint density at radius 3 is 2.93 bits per heavy atom. The van der Waals surface area contributed by atoms with Crippen LogP contribution in [0.3, 0.4) is 0 Å². The molecule has 2 aromatic heterocycles. The maximum absolute atomic E-state index is 4.97. The first kappa shape index (κ1) is 8.76. The molecular formula is C8H9N5O. The van der Waals surface area contributed by atoms with Crippen LogP contribution >= 0.6 is 0 Å². The summed E-state index contributed by atoms with van der Waals surface area (Å²) in [5.41, 5.74) is 1.02. The fourth-order valence-corrected chi connectivity index (χ4v) is 1.07. The molecule has 6 nitrogen and oxygen atoms in total. The highest BCUT2D eigenvalue weighted by Crippen LogP contribution is 2.03. The van der Waals surface area contributed by atoms with E-state index < -0.39 is 0 Å². The molecule has 0 amide bonds. The van der Waals surface area contributed by atoms with Crippen molar-refractivity contribution in [2.75, 3.05) is 7.11 Å². The van der Waals surface area contributed by atoms with E-state index >= 15 is 0 Å². The van der Waals surface area contributed by atoms with Gasteiger partial charge in [0.05, 0.1) is 6.61 Å². The first-order chi connectivity index (χ1) is 6.90. The number of hydrogen-bond donors (Lipinski definition) is 0. The fourth-order valence-electron chi connectivity index (χ4n) is 1.07. The van der Waals surface area contributed by atoms with Crippen LogP contribution in [-0.2, 0) is 11.3 Å². The summed E-state index contributed by atoms with van der Waals surface area (Å²) < 4.78 is 6.47. The first-order valence-electron chi connectivity index (χ1n) is 4.07. The van der Waals surface area contributed by atoms with Gasteiger partial charge in [-0.05, 0) is 22.1 Å². The zero-order chi connectivity index (χ0) is 9.80. The van der Waals surface area contributed by atoms with Gasteiger partial charge in [0.2, 0.25) is 0 Å². The van der Waals surface area contributed by atoms with Gasteiger partial charge < -0.3 is 4.74 Å². The molecule has 0 unspecified atom stereocenters. The van der Waals surface area contributed by atoms with Crippen LogP contribution in [0.1, 0.15) is 5.56 Å². The zero-order valence-corrected chi connectivity index (χ0v) is 7.66. The number of methoxy groups -OCH3 is 1. The molecule has 0 aromatic carbocycles. The minimum absolute atomic E-state index is 0.558. The van der Waals surface area contributed by atoms with Gasteiger partial charge >= 0.3 is 0 Å². The molecule has 2 aromatic rings. The van der Waals surface area contributed by atoms with Gasteiger partial charge in [-0.2, -0.15) is 4.68 Å². The van der Waals surface area contributed by atoms with Crippen LogP contribution in [0.2, 0.25) is 0 Å². The smallest absolute Gasteiger partial charge is 0.156 e. The van der Waals surface area contributed by atoms with E-state index in [4.69, 9.17) is 4.74 Å². The van der Waals surface area contributed by atoms with Gasteiger partial charge in [-0.25, -0.2) is 4.98 Å². The maximum Gasteiger partial charge on any atom is 0.156 e. The van der Waals surface area contributed by atoms with Gasteiger partial charge in [-0.1, -0.05) is 6.07 Å². The number of tetrazole rings is 1. The maximum atomic E-state index is 4.97. The van der Waals surface area contributed by atoms with E-state index in [2.05, 4.69) is 20.5 Å². The Kier molecular flexibility index (Phi) is 2.46. The number of rotatable bonds is 3. The lowest BCUT2D eigenvalue weighted by atomic mass is 10.3. The van der Waals surface area contributed by atoms with Crippen molar-refractivity contribution in [2.24, 2.45) is 0 Å². The number of nitrogens with zero attached hydrogens (tertiary/aromatic N) is 5. The van der Waals surface area contributed by atoms with Crippen LogP contribution in [-0.4, -0.2) is 32.3 Å². The number of pyridine rings is 1. The Balaban J connectivity index is 2.22. The lowest BCUT2D eigenvalue weighted by Gasteiger charge is -2.00. The number of aromatic nitrogens is 5. The van der Waals surface area contributed by atoms with Crippen molar-refractivity contribution in [1.29, 1.82) is 0 Å². The SMILES string of the molecule is COCc1ccc(-n2cnnn2)nc1. The van der Waals surface area contributed by atoms with Gasteiger partial charge in [-0.15, -0.1) is 5.10 Å². The molecule has 14 heavy (non-hydrogen) atoms. The van der Waals surface area contributed by atoms with Crippen LogP contribution < -0.4 is 0 Å². The third kappa shape index (κ3) is 1.74. The monoisotopic (exact) mass is 191 g/mol. The average molecular weight is 191 g/mol. The van der Waals surface area contributed by atoms with Crippen molar-refractivity contribution in [2.45, 2.75) is 6.61 Å². The largest absolute Gasteiger partial charge is 0.380 e. The van der Waals surface area contributed by atoms with E-state index in [1.165, 1.54) is 11.0 Å². The highest BCUT2D eigenvalue weighted by atomic mass is 16.5. The molecule has 0 atom stereocenters. The van der Waals surface area contributed by atoms with E-state index in [0.29, 0.717) is 12.4 Å². The molecule has 6 heteroatoms. The lowest BCUT2D eigenvalue weighted by Crippen LogP contribution is -1.99. The Hall–Kier alpha value is -1.82. The van der Waals surface area contributed by atoms with Crippen LogP contribution in [0.5, 0.6) is 0 Å². The van der Waals surface area contributed by atoms with Gasteiger partial charge in [0.25, 0.3) is 0 Å². The van der Waals surface area contributed by atoms with Crippen molar-refractivity contribution in [3.05, 3.63) is 30.2 Å². The predicted molar refractivity (Wildman–Crippen MR) is 47.7 cm³/mol. The summed E-state index contributed by atoms with van der Waals surface area (Å²) in [6, 6.07) is 3.76. The molecule has 2 rings (SSSR count). The molecule has 0 spiro atoms. The van der Waals surface area contributed by atoms with E-state index in [1.807, 2.05) is 12.1 Å². The highest BCUT2D eigenvalue weighted by Gasteiger charge is 1.98. The summed E-state index contributed by atoms with van der Waals surface area (Å²) in [6.07, 6.45) is 3.23. The summed E-state index contributed by atoms with van der Waals surface area (Å²) in [4.78, 5) is 4.18. The summed E-state index contributed by atoms with van der Waals surface area (Å²) in [7, 11) is 1.65. The van der Waals surface area contributed by atoms with Crippen molar-refractivity contribution in [3.63, 3.8) is 0 Å². The molecule has 0 fully saturated rings. The average Bonchev–Trinajstić information content (AvgIpc) is 2.72. The Labute approximate surface area is 80.5 Å². The molecule has 0 radical (unpaired) electrons. The van der Waals surface area contributed by atoms with Crippen molar-refractivity contribution >= 4 is 0 Å². The van der Waals surface area contributed by atoms with Crippen LogP contribution in [0, 0.1) is 0 Å². The second-order valence-corrected chi connectivity index (χ2v) is 2.71. The first-order valence-corrected chi connectivity index (χ1v) is 4.07. The summed E-state index contributed by atoms with van der Waals surface area (Å²) >= 11 is 0. The second kappa shape index (κ2) is 3.93. The predicted octanol–water partition coefficient (Wildman–Crippen LogP) is 0.204. The minimum atomic E-state index is 0.558. The van der Waals surface area contributed by atoms with Crippen molar-refractivity contribution in [3.8, 4) is 5.82 Å². The molecule has 0 saturated heterocycles. The van der Waals surface area contributed by atoms with E-state index in [-0.39, 0.29) is 0 Å². The lowest BCUT2D eigenvalue weighted by molar-refractivity contribution is 0.184.